The summed E-state index contributed by atoms with van der Waals surface area (Å²) in [7, 11) is 0. The van der Waals surface area contributed by atoms with Crippen LogP contribution in [0.25, 0.3) is 0 Å². The number of hydrogen-bond donors (Lipinski definition) is 1. The van der Waals surface area contributed by atoms with E-state index in [1.807, 2.05) is 47.1 Å². The number of carbonyl (C=O) groups is 1. The van der Waals surface area contributed by atoms with E-state index in [4.69, 9.17) is 0 Å². The van der Waals surface area contributed by atoms with Gasteiger partial charge in [-0.25, -0.2) is 4.68 Å². The molecule has 0 unspecified atom stereocenters. The van der Waals surface area contributed by atoms with Crippen LogP contribution >= 0.6 is 27.7 Å². The van der Waals surface area contributed by atoms with E-state index in [0.717, 1.165) is 27.7 Å². The number of anilines is 1. The van der Waals surface area contributed by atoms with Crippen LogP contribution in [0.3, 0.4) is 0 Å². The van der Waals surface area contributed by atoms with E-state index in [1.54, 1.807) is 0 Å². The highest BCUT2D eigenvalue weighted by Gasteiger charge is 2.17. The number of halogens is 1. The summed E-state index contributed by atoms with van der Waals surface area (Å²) in [5, 5.41) is 8.36. The number of para-hydroxylation sites is 1. The van der Waals surface area contributed by atoms with E-state index in [-0.39, 0.29) is 5.91 Å². The van der Waals surface area contributed by atoms with Crippen molar-refractivity contribution in [1.29, 1.82) is 0 Å². The van der Waals surface area contributed by atoms with Gasteiger partial charge in [0.15, 0.2) is 5.16 Å². The van der Waals surface area contributed by atoms with Crippen molar-refractivity contribution in [3.63, 3.8) is 0 Å². The summed E-state index contributed by atoms with van der Waals surface area (Å²) in [6, 6.07) is 18.1. The molecule has 1 aliphatic carbocycles. The molecule has 3 aromatic rings. The Morgan fingerprint density at radius 2 is 1.83 bits per heavy atom. The van der Waals surface area contributed by atoms with Crippen molar-refractivity contribution in [3.05, 3.63) is 64.9 Å². The first-order chi connectivity index (χ1) is 14.7. The third kappa shape index (κ3) is 5.73. The molecule has 1 aromatic heterocycles. The Hall–Kier alpha value is -2.12. The molecule has 5 nitrogen and oxygen atoms in total. The van der Waals surface area contributed by atoms with Crippen LogP contribution in [0.15, 0.2) is 69.4 Å². The maximum atomic E-state index is 12.5. The molecule has 1 fully saturated rings. The molecule has 1 aliphatic rings. The summed E-state index contributed by atoms with van der Waals surface area (Å²) in [6.07, 6.45) is 6.73. The predicted molar refractivity (Wildman–Crippen MR) is 124 cm³/mol. The van der Waals surface area contributed by atoms with Gasteiger partial charge >= 0.3 is 0 Å². The molecule has 156 valence electrons. The van der Waals surface area contributed by atoms with Crippen LogP contribution in [0, 0.1) is 5.92 Å². The van der Waals surface area contributed by atoms with Gasteiger partial charge in [0, 0.05) is 11.3 Å². The monoisotopic (exact) mass is 484 g/mol. The van der Waals surface area contributed by atoms with Gasteiger partial charge in [-0.1, -0.05) is 68.1 Å². The molecule has 0 radical (unpaired) electrons. The maximum absolute atomic E-state index is 12.5. The Morgan fingerprint density at radius 1 is 1.10 bits per heavy atom. The molecule has 0 spiro atoms. The molecule has 0 saturated heterocycles. The van der Waals surface area contributed by atoms with Crippen LogP contribution in [0.5, 0.6) is 0 Å². The Labute approximate surface area is 189 Å². The van der Waals surface area contributed by atoms with Crippen LogP contribution < -0.4 is 5.32 Å². The number of aromatic nitrogens is 3. The highest BCUT2D eigenvalue weighted by molar-refractivity contribution is 9.10. The average molecular weight is 485 g/mol. The van der Waals surface area contributed by atoms with Gasteiger partial charge in [-0.3, -0.25) is 4.79 Å². The summed E-state index contributed by atoms with van der Waals surface area (Å²) in [4.78, 5) is 18.0. The van der Waals surface area contributed by atoms with Crippen molar-refractivity contribution < 1.29 is 4.79 Å². The SMILES string of the molecule is O=C(CCC1CCCC1)Nc1ccccc1Sc1nc(Br)nn1Cc1ccccc1. The number of carbonyl (C=O) groups excluding carboxylic acids is 1. The molecular weight excluding hydrogens is 460 g/mol. The van der Waals surface area contributed by atoms with Gasteiger partial charge < -0.3 is 5.32 Å². The van der Waals surface area contributed by atoms with Gasteiger partial charge in [0.2, 0.25) is 10.6 Å². The van der Waals surface area contributed by atoms with Crippen LogP contribution in [-0.4, -0.2) is 20.7 Å². The van der Waals surface area contributed by atoms with Crippen molar-refractivity contribution in [3.8, 4) is 0 Å². The van der Waals surface area contributed by atoms with Crippen LogP contribution in [0.4, 0.5) is 5.69 Å². The minimum Gasteiger partial charge on any atom is -0.325 e. The lowest BCUT2D eigenvalue weighted by Gasteiger charge is -2.12. The second-order valence-electron chi connectivity index (χ2n) is 7.64. The number of nitrogens with zero attached hydrogens (tertiary/aromatic N) is 3. The van der Waals surface area contributed by atoms with Gasteiger partial charge in [0.1, 0.15) is 0 Å². The van der Waals surface area contributed by atoms with Gasteiger partial charge in [-0.05, 0) is 57.7 Å². The fraction of sp³-hybridized carbons (Fsp3) is 0.348. The summed E-state index contributed by atoms with van der Waals surface area (Å²) in [6.45, 7) is 0.637. The van der Waals surface area contributed by atoms with E-state index in [0.29, 0.717) is 23.6 Å². The summed E-state index contributed by atoms with van der Waals surface area (Å²) >= 11 is 4.91. The standard InChI is InChI=1S/C23H25BrN4OS/c24-22-26-23(28(27-22)16-18-10-2-1-3-11-18)30-20-13-7-6-12-19(20)25-21(29)15-14-17-8-4-5-9-17/h1-3,6-7,10-13,17H,4-5,8-9,14-16H2,(H,25,29). The zero-order valence-corrected chi connectivity index (χ0v) is 19.2. The minimum absolute atomic E-state index is 0.0851. The van der Waals surface area contributed by atoms with Crippen LogP contribution in [0.2, 0.25) is 0 Å². The van der Waals surface area contributed by atoms with E-state index >= 15 is 0 Å². The van der Waals surface area contributed by atoms with Crippen molar-refractivity contribution in [1.82, 2.24) is 14.8 Å². The summed E-state index contributed by atoms with van der Waals surface area (Å²) in [5.74, 6) is 0.802. The number of benzene rings is 2. The average Bonchev–Trinajstić information content (AvgIpc) is 3.38. The van der Waals surface area contributed by atoms with Crippen molar-refractivity contribution in [2.75, 3.05) is 5.32 Å². The molecule has 4 rings (SSSR count). The molecule has 0 bridgehead atoms. The second kappa shape index (κ2) is 10.3. The topological polar surface area (TPSA) is 59.8 Å². The maximum Gasteiger partial charge on any atom is 0.224 e. The van der Waals surface area contributed by atoms with E-state index in [2.05, 4.69) is 43.5 Å². The Morgan fingerprint density at radius 3 is 2.63 bits per heavy atom. The largest absolute Gasteiger partial charge is 0.325 e. The summed E-state index contributed by atoms with van der Waals surface area (Å²) < 4.78 is 2.43. The molecule has 7 heteroatoms. The lowest BCUT2D eigenvalue weighted by atomic mass is 10.0. The Bertz CT molecular complexity index is 986. The van der Waals surface area contributed by atoms with E-state index in [9.17, 15) is 4.79 Å². The Kier molecular flexibility index (Phi) is 7.23. The third-order valence-electron chi connectivity index (χ3n) is 5.40. The first-order valence-electron chi connectivity index (χ1n) is 10.4. The van der Waals surface area contributed by atoms with Gasteiger partial charge in [-0.2, -0.15) is 4.98 Å². The molecule has 0 aliphatic heterocycles. The molecule has 1 saturated carbocycles. The normalized spacial score (nSPS) is 14.2. The lowest BCUT2D eigenvalue weighted by molar-refractivity contribution is -0.116. The van der Waals surface area contributed by atoms with Crippen molar-refractivity contribution in [2.24, 2.45) is 5.92 Å². The molecule has 1 heterocycles. The fourth-order valence-corrected chi connectivity index (χ4v) is 5.23. The minimum atomic E-state index is 0.0851. The van der Waals surface area contributed by atoms with Crippen molar-refractivity contribution >= 4 is 39.3 Å². The zero-order valence-electron chi connectivity index (χ0n) is 16.8. The zero-order chi connectivity index (χ0) is 20.8. The predicted octanol–water partition coefficient (Wildman–Crippen LogP) is 6.15. The van der Waals surface area contributed by atoms with Gasteiger partial charge in [-0.15, -0.1) is 5.10 Å². The van der Waals surface area contributed by atoms with Crippen molar-refractivity contribution in [2.45, 2.75) is 55.1 Å². The second-order valence-corrected chi connectivity index (χ2v) is 9.36. The molecular formula is C23H25BrN4OS. The Balaban J connectivity index is 1.44. The molecule has 1 N–H and O–H groups in total. The highest BCUT2D eigenvalue weighted by atomic mass is 79.9. The molecule has 30 heavy (non-hydrogen) atoms. The number of nitrogens with one attached hydrogen (secondary N) is 1. The van der Waals surface area contributed by atoms with Gasteiger partial charge in [0.25, 0.3) is 0 Å². The summed E-state index contributed by atoms with van der Waals surface area (Å²) in [5.41, 5.74) is 1.98. The molecule has 0 atom stereocenters. The van der Waals surface area contributed by atoms with E-state index in [1.165, 1.54) is 37.4 Å². The van der Waals surface area contributed by atoms with Gasteiger partial charge in [0.05, 0.1) is 12.2 Å². The fourth-order valence-electron chi connectivity index (χ4n) is 3.84. The first kappa shape index (κ1) is 21.1. The highest BCUT2D eigenvalue weighted by Crippen LogP contribution is 2.34. The number of rotatable bonds is 8. The van der Waals surface area contributed by atoms with Crippen LogP contribution in [-0.2, 0) is 11.3 Å². The number of amides is 1. The number of hydrogen-bond acceptors (Lipinski definition) is 4. The molecule has 1 amide bonds. The lowest BCUT2D eigenvalue weighted by Crippen LogP contribution is -2.13. The van der Waals surface area contributed by atoms with Crippen LogP contribution in [0.1, 0.15) is 44.1 Å². The smallest absolute Gasteiger partial charge is 0.224 e. The third-order valence-corrected chi connectivity index (χ3v) is 6.80. The van der Waals surface area contributed by atoms with E-state index < -0.39 is 0 Å². The quantitative estimate of drug-likeness (QED) is 0.416. The molecule has 2 aromatic carbocycles. The first-order valence-corrected chi connectivity index (χ1v) is 12.0.